The number of rotatable bonds is 2. The summed E-state index contributed by atoms with van der Waals surface area (Å²) in [4.78, 5) is 27.0. The number of aromatic amines is 1. The monoisotopic (exact) mass is 246 g/mol. The van der Waals surface area contributed by atoms with Gasteiger partial charge in [-0.3, -0.25) is 9.59 Å². The molecule has 1 N–H and O–H groups in total. The van der Waals surface area contributed by atoms with Gasteiger partial charge in [0.2, 0.25) is 5.56 Å². The largest absolute Gasteiger partial charge is 0.329 e. The van der Waals surface area contributed by atoms with E-state index in [4.69, 9.17) is 0 Å². The zero-order valence-electron chi connectivity index (χ0n) is 9.68. The van der Waals surface area contributed by atoms with Crippen LogP contribution >= 0.6 is 0 Å². The SMILES string of the molecule is CN(C(=O)c1cc[nH]c(=O)c1)c1ccc(F)cc1. The smallest absolute Gasteiger partial charge is 0.258 e. The molecule has 18 heavy (non-hydrogen) atoms. The van der Waals surface area contributed by atoms with Crippen molar-refractivity contribution in [1.29, 1.82) is 0 Å². The van der Waals surface area contributed by atoms with E-state index in [0.717, 1.165) is 0 Å². The Labute approximate surface area is 103 Å². The van der Waals surface area contributed by atoms with Crippen molar-refractivity contribution in [3.8, 4) is 0 Å². The predicted molar refractivity (Wildman–Crippen MR) is 66.2 cm³/mol. The quantitative estimate of drug-likeness (QED) is 0.878. The Hall–Kier alpha value is -2.43. The Bertz CT molecular complexity index is 619. The van der Waals surface area contributed by atoms with Crippen molar-refractivity contribution in [3.05, 3.63) is 64.3 Å². The molecule has 4 nitrogen and oxygen atoms in total. The number of anilines is 1. The van der Waals surface area contributed by atoms with Crippen LogP contribution in [-0.2, 0) is 0 Å². The minimum atomic E-state index is -0.365. The zero-order chi connectivity index (χ0) is 13.1. The lowest BCUT2D eigenvalue weighted by atomic mass is 10.2. The Morgan fingerprint density at radius 3 is 2.50 bits per heavy atom. The number of hydrogen-bond donors (Lipinski definition) is 1. The van der Waals surface area contributed by atoms with Gasteiger partial charge in [0, 0.05) is 30.6 Å². The number of nitrogens with one attached hydrogen (secondary N) is 1. The summed E-state index contributed by atoms with van der Waals surface area (Å²) in [5.41, 5.74) is 0.501. The molecule has 0 saturated carbocycles. The van der Waals surface area contributed by atoms with Crippen molar-refractivity contribution in [3.63, 3.8) is 0 Å². The third-order valence-corrected chi connectivity index (χ3v) is 2.54. The van der Waals surface area contributed by atoms with Crippen LogP contribution in [0.25, 0.3) is 0 Å². The molecule has 0 atom stereocenters. The van der Waals surface area contributed by atoms with Crippen LogP contribution in [0.2, 0.25) is 0 Å². The lowest BCUT2D eigenvalue weighted by Gasteiger charge is -2.17. The van der Waals surface area contributed by atoms with Gasteiger partial charge in [0.1, 0.15) is 5.82 Å². The molecule has 5 heteroatoms. The minimum Gasteiger partial charge on any atom is -0.329 e. The summed E-state index contributed by atoms with van der Waals surface area (Å²) in [5.74, 6) is -0.691. The van der Waals surface area contributed by atoms with Gasteiger partial charge in [0.25, 0.3) is 5.91 Å². The molecule has 1 heterocycles. The van der Waals surface area contributed by atoms with Gasteiger partial charge in [-0.25, -0.2) is 4.39 Å². The van der Waals surface area contributed by atoms with E-state index in [1.54, 1.807) is 7.05 Å². The second-order valence-electron chi connectivity index (χ2n) is 3.78. The molecule has 0 saturated heterocycles. The fraction of sp³-hybridized carbons (Fsp3) is 0.0769. The average molecular weight is 246 g/mol. The van der Waals surface area contributed by atoms with Crippen molar-refractivity contribution in [1.82, 2.24) is 4.98 Å². The van der Waals surface area contributed by atoms with Crippen LogP contribution in [0.3, 0.4) is 0 Å². The van der Waals surface area contributed by atoms with E-state index in [2.05, 4.69) is 4.98 Å². The topological polar surface area (TPSA) is 53.2 Å². The highest BCUT2D eigenvalue weighted by molar-refractivity contribution is 6.05. The van der Waals surface area contributed by atoms with Crippen LogP contribution < -0.4 is 10.5 Å². The molecule has 2 aromatic rings. The highest BCUT2D eigenvalue weighted by atomic mass is 19.1. The van der Waals surface area contributed by atoms with Crippen molar-refractivity contribution in [2.24, 2.45) is 0 Å². The van der Waals surface area contributed by atoms with Gasteiger partial charge in [-0.05, 0) is 30.3 Å². The normalized spacial score (nSPS) is 10.1. The average Bonchev–Trinajstić information content (AvgIpc) is 2.38. The van der Waals surface area contributed by atoms with E-state index in [9.17, 15) is 14.0 Å². The molecule has 0 aliphatic heterocycles. The van der Waals surface area contributed by atoms with Gasteiger partial charge in [-0.2, -0.15) is 0 Å². The summed E-state index contributed by atoms with van der Waals surface area (Å²) < 4.78 is 12.8. The van der Waals surface area contributed by atoms with Gasteiger partial charge < -0.3 is 9.88 Å². The lowest BCUT2D eigenvalue weighted by Crippen LogP contribution is -2.27. The van der Waals surface area contributed by atoms with E-state index in [0.29, 0.717) is 5.69 Å². The van der Waals surface area contributed by atoms with Crippen LogP contribution in [0.15, 0.2) is 47.4 Å². The number of hydrogen-bond acceptors (Lipinski definition) is 2. The fourth-order valence-electron chi connectivity index (χ4n) is 1.55. The maximum absolute atomic E-state index is 12.8. The van der Waals surface area contributed by atoms with Crippen LogP contribution in [-0.4, -0.2) is 17.9 Å². The number of nitrogens with zero attached hydrogens (tertiary/aromatic N) is 1. The summed E-state index contributed by atoms with van der Waals surface area (Å²) in [5, 5.41) is 0. The first-order valence-electron chi connectivity index (χ1n) is 5.30. The molecule has 0 aliphatic rings. The maximum Gasteiger partial charge on any atom is 0.258 e. The lowest BCUT2D eigenvalue weighted by molar-refractivity contribution is 0.0993. The van der Waals surface area contributed by atoms with E-state index in [-0.39, 0.29) is 22.8 Å². The number of carbonyl (C=O) groups is 1. The first kappa shape index (κ1) is 12.0. The molecule has 0 radical (unpaired) electrons. The van der Waals surface area contributed by atoms with Crippen molar-refractivity contribution in [2.45, 2.75) is 0 Å². The standard InChI is InChI=1S/C13H11FN2O2/c1-16(11-4-2-10(14)3-5-11)13(18)9-6-7-15-12(17)8-9/h2-8H,1H3,(H,15,17). The minimum absolute atomic E-state index is 0.283. The van der Waals surface area contributed by atoms with Crippen LogP contribution in [0.5, 0.6) is 0 Å². The Morgan fingerprint density at radius 2 is 1.89 bits per heavy atom. The third kappa shape index (κ3) is 2.45. The number of aromatic nitrogens is 1. The number of benzene rings is 1. The summed E-state index contributed by atoms with van der Waals surface area (Å²) in [6, 6.07) is 8.29. The Kier molecular flexibility index (Phi) is 3.23. The Morgan fingerprint density at radius 1 is 1.22 bits per heavy atom. The van der Waals surface area contributed by atoms with Crippen molar-refractivity contribution >= 4 is 11.6 Å². The first-order valence-corrected chi connectivity index (χ1v) is 5.30. The molecule has 0 aliphatic carbocycles. The molecular formula is C13H11FN2O2. The van der Waals surface area contributed by atoms with Gasteiger partial charge in [-0.1, -0.05) is 0 Å². The van der Waals surface area contributed by atoms with E-state index in [1.807, 2.05) is 0 Å². The molecular weight excluding hydrogens is 235 g/mol. The molecule has 0 fully saturated rings. The highest BCUT2D eigenvalue weighted by Crippen LogP contribution is 2.15. The third-order valence-electron chi connectivity index (χ3n) is 2.54. The number of H-pyrrole nitrogens is 1. The summed E-state index contributed by atoms with van der Waals surface area (Å²) in [6.07, 6.45) is 1.41. The number of amides is 1. The summed E-state index contributed by atoms with van der Waals surface area (Å²) in [7, 11) is 1.57. The van der Waals surface area contributed by atoms with Gasteiger partial charge in [0.15, 0.2) is 0 Å². The second-order valence-corrected chi connectivity index (χ2v) is 3.78. The molecule has 1 aromatic heterocycles. The first-order chi connectivity index (χ1) is 8.58. The van der Waals surface area contributed by atoms with Gasteiger partial charge in [0.05, 0.1) is 0 Å². The number of pyridine rings is 1. The molecule has 0 spiro atoms. The molecule has 92 valence electrons. The van der Waals surface area contributed by atoms with Gasteiger partial charge >= 0.3 is 0 Å². The molecule has 1 amide bonds. The van der Waals surface area contributed by atoms with E-state index < -0.39 is 0 Å². The van der Waals surface area contributed by atoms with Crippen LogP contribution in [0, 0.1) is 5.82 Å². The molecule has 0 bridgehead atoms. The van der Waals surface area contributed by atoms with Crippen molar-refractivity contribution in [2.75, 3.05) is 11.9 Å². The predicted octanol–water partition coefficient (Wildman–Crippen LogP) is 1.79. The summed E-state index contributed by atoms with van der Waals surface area (Å²) in [6.45, 7) is 0. The summed E-state index contributed by atoms with van der Waals surface area (Å²) >= 11 is 0. The fourth-order valence-corrected chi connectivity index (χ4v) is 1.55. The second kappa shape index (κ2) is 4.83. The van der Waals surface area contributed by atoms with E-state index >= 15 is 0 Å². The number of carbonyl (C=O) groups excluding carboxylic acids is 1. The molecule has 1 aromatic carbocycles. The maximum atomic E-state index is 12.8. The molecule has 0 unspecified atom stereocenters. The molecule has 2 rings (SSSR count). The number of halogens is 1. The Balaban J connectivity index is 2.29. The van der Waals surface area contributed by atoms with Crippen LogP contribution in [0.1, 0.15) is 10.4 Å². The zero-order valence-corrected chi connectivity index (χ0v) is 9.68. The van der Waals surface area contributed by atoms with E-state index in [1.165, 1.54) is 47.5 Å². The van der Waals surface area contributed by atoms with Crippen LogP contribution in [0.4, 0.5) is 10.1 Å². The van der Waals surface area contributed by atoms with Gasteiger partial charge in [-0.15, -0.1) is 0 Å². The highest BCUT2D eigenvalue weighted by Gasteiger charge is 2.13. The van der Waals surface area contributed by atoms with Crippen molar-refractivity contribution < 1.29 is 9.18 Å².